The van der Waals surface area contributed by atoms with Gasteiger partial charge in [0, 0.05) is 6.61 Å². The lowest BCUT2D eigenvalue weighted by Gasteiger charge is -2.08. The van der Waals surface area contributed by atoms with Crippen LogP contribution in [0.2, 0.25) is 0 Å². The van der Waals surface area contributed by atoms with Gasteiger partial charge in [-0.3, -0.25) is 4.79 Å². The molecule has 0 fully saturated rings. The summed E-state index contributed by atoms with van der Waals surface area (Å²) in [5.41, 5.74) is 0. The fraction of sp³-hybridized carbons (Fsp3) is 0.952. The van der Waals surface area contributed by atoms with E-state index in [-0.39, 0.29) is 13.0 Å². The normalized spacial score (nSPS) is 11.3. The number of hydrogen-bond acceptors (Lipinski definition) is 9. The first kappa shape index (κ1) is 30.1. The SMILES string of the molecule is CCCCOCCOCCOCCOCCOCCOCCOCCOCCC(=O)O. The summed E-state index contributed by atoms with van der Waals surface area (Å²) in [6.45, 7) is 10.3. The minimum absolute atomic E-state index is 0.00716. The van der Waals surface area contributed by atoms with E-state index in [2.05, 4.69) is 6.92 Å². The zero-order chi connectivity index (χ0) is 22.7. The average molecular weight is 455 g/mol. The number of carboxylic acid groups (broad SMARTS) is 1. The van der Waals surface area contributed by atoms with Crippen molar-refractivity contribution in [2.45, 2.75) is 26.2 Å². The number of aliphatic carboxylic acids is 1. The van der Waals surface area contributed by atoms with E-state index in [0.29, 0.717) is 92.5 Å². The third-order valence-corrected chi connectivity index (χ3v) is 3.71. The van der Waals surface area contributed by atoms with Crippen LogP contribution in [0.15, 0.2) is 0 Å². The van der Waals surface area contributed by atoms with Gasteiger partial charge in [-0.2, -0.15) is 0 Å². The van der Waals surface area contributed by atoms with E-state index in [1.54, 1.807) is 0 Å². The van der Waals surface area contributed by atoms with Gasteiger partial charge < -0.3 is 43.0 Å². The molecule has 10 nitrogen and oxygen atoms in total. The highest BCUT2D eigenvalue weighted by molar-refractivity contribution is 5.66. The monoisotopic (exact) mass is 454 g/mol. The first-order chi connectivity index (χ1) is 15.3. The molecule has 0 aliphatic rings. The predicted octanol–water partition coefficient (Wildman–Crippen LogP) is 1.39. The van der Waals surface area contributed by atoms with E-state index in [1.165, 1.54) is 0 Å². The maximum Gasteiger partial charge on any atom is 0.305 e. The Hall–Kier alpha value is -0.850. The maximum absolute atomic E-state index is 10.3. The molecule has 0 aliphatic carbocycles. The van der Waals surface area contributed by atoms with Crippen molar-refractivity contribution in [2.75, 3.05) is 106 Å². The third-order valence-electron chi connectivity index (χ3n) is 3.71. The Labute approximate surface area is 186 Å². The zero-order valence-electron chi connectivity index (χ0n) is 19.1. The Morgan fingerprint density at radius 1 is 0.484 bits per heavy atom. The molecule has 0 unspecified atom stereocenters. The fourth-order valence-electron chi connectivity index (χ4n) is 2.05. The van der Waals surface area contributed by atoms with Crippen molar-refractivity contribution in [3.8, 4) is 0 Å². The second kappa shape index (κ2) is 27.2. The van der Waals surface area contributed by atoms with Gasteiger partial charge >= 0.3 is 5.97 Å². The number of rotatable bonds is 27. The third kappa shape index (κ3) is 29.1. The minimum Gasteiger partial charge on any atom is -0.481 e. The summed E-state index contributed by atoms with van der Waals surface area (Å²) < 4.78 is 42.8. The van der Waals surface area contributed by atoms with Crippen LogP contribution < -0.4 is 0 Å². The van der Waals surface area contributed by atoms with Gasteiger partial charge in [-0.25, -0.2) is 0 Å². The summed E-state index contributed by atoms with van der Waals surface area (Å²) in [7, 11) is 0. The van der Waals surface area contributed by atoms with Crippen LogP contribution in [-0.2, 0) is 42.7 Å². The van der Waals surface area contributed by atoms with E-state index in [1.807, 2.05) is 0 Å². The van der Waals surface area contributed by atoms with Crippen molar-refractivity contribution >= 4 is 5.97 Å². The lowest BCUT2D eigenvalue weighted by atomic mass is 10.4. The molecule has 31 heavy (non-hydrogen) atoms. The van der Waals surface area contributed by atoms with Crippen molar-refractivity contribution in [2.24, 2.45) is 0 Å². The molecule has 0 spiro atoms. The first-order valence-corrected chi connectivity index (χ1v) is 11.1. The lowest BCUT2D eigenvalue weighted by Crippen LogP contribution is -2.15. The fourth-order valence-corrected chi connectivity index (χ4v) is 2.05. The highest BCUT2D eigenvalue weighted by Crippen LogP contribution is 1.89. The highest BCUT2D eigenvalue weighted by Gasteiger charge is 1.97. The molecule has 0 saturated heterocycles. The van der Waals surface area contributed by atoms with Crippen molar-refractivity contribution in [3.63, 3.8) is 0 Å². The lowest BCUT2D eigenvalue weighted by molar-refractivity contribution is -0.138. The summed E-state index contributed by atoms with van der Waals surface area (Å²) in [4.78, 5) is 10.3. The first-order valence-electron chi connectivity index (χ1n) is 11.1. The largest absolute Gasteiger partial charge is 0.481 e. The van der Waals surface area contributed by atoms with Gasteiger partial charge in [-0.1, -0.05) is 13.3 Å². The van der Waals surface area contributed by atoms with Crippen molar-refractivity contribution in [1.29, 1.82) is 0 Å². The molecule has 0 aromatic rings. The molecule has 186 valence electrons. The van der Waals surface area contributed by atoms with Crippen LogP contribution in [0.5, 0.6) is 0 Å². The molecule has 0 aromatic carbocycles. The predicted molar refractivity (Wildman–Crippen MR) is 114 cm³/mol. The van der Waals surface area contributed by atoms with E-state index in [9.17, 15) is 4.79 Å². The van der Waals surface area contributed by atoms with Crippen LogP contribution in [0, 0.1) is 0 Å². The number of ether oxygens (including phenoxy) is 8. The summed E-state index contributed by atoms with van der Waals surface area (Å²) in [5, 5.41) is 8.44. The molecule has 0 bridgehead atoms. The number of hydrogen-bond donors (Lipinski definition) is 1. The Kier molecular flexibility index (Phi) is 26.4. The molecular weight excluding hydrogens is 412 g/mol. The molecule has 0 aromatic heterocycles. The molecular formula is C21H42O10. The smallest absolute Gasteiger partial charge is 0.305 e. The van der Waals surface area contributed by atoms with E-state index in [0.717, 1.165) is 19.4 Å². The van der Waals surface area contributed by atoms with E-state index < -0.39 is 5.97 Å². The summed E-state index contributed by atoms with van der Waals surface area (Å²) in [6.07, 6.45) is 2.24. The molecule has 0 aliphatic heterocycles. The van der Waals surface area contributed by atoms with Gasteiger partial charge in [0.1, 0.15) is 0 Å². The average Bonchev–Trinajstić information content (AvgIpc) is 2.76. The topological polar surface area (TPSA) is 111 Å². The Morgan fingerprint density at radius 3 is 1.00 bits per heavy atom. The molecule has 1 N–H and O–H groups in total. The summed E-state index contributed by atoms with van der Waals surface area (Å²) >= 11 is 0. The molecule has 0 heterocycles. The van der Waals surface area contributed by atoms with Crippen LogP contribution in [0.25, 0.3) is 0 Å². The van der Waals surface area contributed by atoms with Gasteiger partial charge in [0.05, 0.1) is 106 Å². The highest BCUT2D eigenvalue weighted by atomic mass is 16.6. The van der Waals surface area contributed by atoms with Gasteiger partial charge in [0.25, 0.3) is 0 Å². The molecule has 0 rings (SSSR count). The zero-order valence-corrected chi connectivity index (χ0v) is 19.1. The quantitative estimate of drug-likeness (QED) is 0.183. The van der Waals surface area contributed by atoms with Crippen LogP contribution >= 0.6 is 0 Å². The number of unbranched alkanes of at least 4 members (excludes halogenated alkanes) is 1. The molecule has 0 saturated carbocycles. The van der Waals surface area contributed by atoms with E-state index in [4.69, 9.17) is 43.0 Å². The molecule has 10 heteroatoms. The van der Waals surface area contributed by atoms with Crippen LogP contribution in [0.4, 0.5) is 0 Å². The maximum atomic E-state index is 10.3. The van der Waals surface area contributed by atoms with Crippen LogP contribution in [0.3, 0.4) is 0 Å². The Balaban J connectivity index is 3.00. The minimum atomic E-state index is -0.867. The molecule has 0 atom stereocenters. The second-order valence-electron chi connectivity index (χ2n) is 6.40. The summed E-state index contributed by atoms with van der Waals surface area (Å²) in [5.74, 6) is -0.867. The van der Waals surface area contributed by atoms with Crippen LogP contribution in [0.1, 0.15) is 26.2 Å². The standard InChI is InChI=1S/C21H42O10/c1-2-3-5-24-7-9-26-11-13-28-15-17-30-19-20-31-18-16-29-14-12-27-10-8-25-6-4-21(22)23/h2-20H2,1H3,(H,22,23). The number of carboxylic acids is 1. The second-order valence-corrected chi connectivity index (χ2v) is 6.40. The van der Waals surface area contributed by atoms with Gasteiger partial charge in [-0.15, -0.1) is 0 Å². The number of carbonyl (C=O) groups is 1. The molecule has 0 amide bonds. The van der Waals surface area contributed by atoms with E-state index >= 15 is 0 Å². The van der Waals surface area contributed by atoms with Gasteiger partial charge in [0.15, 0.2) is 0 Å². The van der Waals surface area contributed by atoms with Gasteiger partial charge in [-0.05, 0) is 6.42 Å². The Morgan fingerprint density at radius 2 is 0.742 bits per heavy atom. The molecule has 0 radical (unpaired) electrons. The van der Waals surface area contributed by atoms with Gasteiger partial charge in [0.2, 0.25) is 0 Å². The summed E-state index contributed by atoms with van der Waals surface area (Å²) in [6, 6.07) is 0. The van der Waals surface area contributed by atoms with Crippen molar-refractivity contribution < 1.29 is 47.8 Å². The Bertz CT molecular complexity index is 357. The van der Waals surface area contributed by atoms with Crippen molar-refractivity contribution in [1.82, 2.24) is 0 Å². The van der Waals surface area contributed by atoms with Crippen molar-refractivity contribution in [3.05, 3.63) is 0 Å². The van der Waals surface area contributed by atoms with Crippen LogP contribution in [-0.4, -0.2) is 117 Å².